The van der Waals surface area contributed by atoms with Gasteiger partial charge in [-0.1, -0.05) is 13.3 Å². The number of rotatable bonds is 8. The molecule has 0 unspecified atom stereocenters. The number of unbranched alkanes of at least 4 members (excludes halogenated alkanes) is 1. The van der Waals surface area contributed by atoms with Crippen LogP contribution in [0, 0.1) is 6.92 Å². The molecule has 1 amide bonds. The Hall–Kier alpha value is -2.32. The van der Waals surface area contributed by atoms with Gasteiger partial charge in [0, 0.05) is 12.5 Å². The third-order valence-corrected chi connectivity index (χ3v) is 3.38. The van der Waals surface area contributed by atoms with Crippen molar-refractivity contribution in [1.82, 2.24) is 5.32 Å². The summed E-state index contributed by atoms with van der Waals surface area (Å²) in [6.07, 6.45) is -2.76. The second kappa shape index (κ2) is 8.68. The van der Waals surface area contributed by atoms with Crippen molar-refractivity contribution in [3.8, 4) is 0 Å². The summed E-state index contributed by atoms with van der Waals surface area (Å²) >= 11 is 0. The van der Waals surface area contributed by atoms with Crippen LogP contribution in [0.25, 0.3) is 0 Å². The molecule has 0 radical (unpaired) electrons. The Labute approximate surface area is 144 Å². The van der Waals surface area contributed by atoms with Gasteiger partial charge in [-0.2, -0.15) is 13.2 Å². The maximum atomic E-state index is 13.8. The molecule has 0 saturated carbocycles. The van der Waals surface area contributed by atoms with Crippen LogP contribution in [0.1, 0.15) is 38.7 Å². The van der Waals surface area contributed by atoms with Crippen LogP contribution in [0.5, 0.6) is 0 Å². The highest BCUT2D eigenvalue weighted by Gasteiger charge is 2.67. The third-order valence-electron chi connectivity index (χ3n) is 3.38. The molecule has 0 aliphatic rings. The molecule has 140 valence electrons. The highest BCUT2D eigenvalue weighted by atomic mass is 19.4. The monoisotopic (exact) mass is 362 g/mol. The van der Waals surface area contributed by atoms with Gasteiger partial charge in [0.1, 0.15) is 0 Å². The lowest BCUT2D eigenvalue weighted by atomic mass is 10.1. The summed E-state index contributed by atoms with van der Waals surface area (Å²) in [6.45, 7) is 4.67. The topological polar surface area (TPSA) is 81.6 Å². The molecular formula is C16H23F3N3O3+. The summed E-state index contributed by atoms with van der Waals surface area (Å²) in [5.74, 6) is -2.61. The quantitative estimate of drug-likeness (QED) is 0.549. The van der Waals surface area contributed by atoms with Gasteiger partial charge in [-0.05, 0) is 31.9 Å². The largest absolute Gasteiger partial charge is 0.464 e. The molecule has 25 heavy (non-hydrogen) atoms. The summed E-state index contributed by atoms with van der Waals surface area (Å²) in [5.41, 5.74) is -2.59. The fourth-order valence-corrected chi connectivity index (χ4v) is 2.02. The number of pyridine rings is 1. The van der Waals surface area contributed by atoms with E-state index >= 15 is 0 Å². The van der Waals surface area contributed by atoms with Crippen LogP contribution in [-0.2, 0) is 14.3 Å². The third kappa shape index (κ3) is 5.33. The highest BCUT2D eigenvalue weighted by Crippen LogP contribution is 2.32. The fraction of sp³-hybridized carbons (Fsp3) is 0.562. The first-order chi connectivity index (χ1) is 11.7. The molecule has 9 heteroatoms. The van der Waals surface area contributed by atoms with E-state index in [-0.39, 0.29) is 18.8 Å². The molecule has 0 bridgehead atoms. The number of alkyl halides is 3. The van der Waals surface area contributed by atoms with Gasteiger partial charge in [-0.15, -0.1) is 0 Å². The van der Waals surface area contributed by atoms with Crippen LogP contribution in [0.4, 0.5) is 19.0 Å². The SMILES string of the molecule is CCCCC(=O)N[C@](Nc1ccc(C)c[nH+]1)(C(=O)OCC)C(F)(F)F. The van der Waals surface area contributed by atoms with Crippen LogP contribution < -0.4 is 15.6 Å². The van der Waals surface area contributed by atoms with E-state index in [1.165, 1.54) is 19.2 Å². The summed E-state index contributed by atoms with van der Waals surface area (Å²) in [6, 6.07) is 2.90. The van der Waals surface area contributed by atoms with Gasteiger partial charge in [-0.3, -0.25) is 10.1 Å². The zero-order chi connectivity index (χ0) is 19.1. The lowest BCUT2D eigenvalue weighted by Crippen LogP contribution is -2.69. The van der Waals surface area contributed by atoms with E-state index in [9.17, 15) is 22.8 Å². The molecule has 1 rings (SSSR count). The van der Waals surface area contributed by atoms with Gasteiger partial charge in [0.15, 0.2) is 0 Å². The minimum Gasteiger partial charge on any atom is -0.461 e. The summed E-state index contributed by atoms with van der Waals surface area (Å²) < 4.78 is 46.0. The number of ether oxygens (including phenoxy) is 1. The normalized spacial score (nSPS) is 13.7. The van der Waals surface area contributed by atoms with Crippen LogP contribution in [0.3, 0.4) is 0 Å². The lowest BCUT2D eigenvalue weighted by molar-refractivity contribution is -0.363. The van der Waals surface area contributed by atoms with Crippen molar-refractivity contribution in [2.24, 2.45) is 0 Å². The highest BCUT2D eigenvalue weighted by molar-refractivity contribution is 5.91. The van der Waals surface area contributed by atoms with E-state index in [1.54, 1.807) is 25.2 Å². The number of hydrogen-bond acceptors (Lipinski definition) is 4. The number of aromatic amines is 1. The number of halogens is 3. The first kappa shape index (κ1) is 20.7. The molecule has 0 fully saturated rings. The van der Waals surface area contributed by atoms with Crippen molar-refractivity contribution in [2.75, 3.05) is 11.9 Å². The van der Waals surface area contributed by atoms with Crippen LogP contribution in [0.2, 0.25) is 0 Å². The van der Waals surface area contributed by atoms with Crippen molar-refractivity contribution in [2.45, 2.75) is 51.9 Å². The molecule has 0 spiro atoms. The van der Waals surface area contributed by atoms with E-state index < -0.39 is 23.7 Å². The molecule has 1 heterocycles. The fourth-order valence-electron chi connectivity index (χ4n) is 2.02. The number of hydrogen-bond donors (Lipinski definition) is 2. The molecule has 0 aromatic carbocycles. The van der Waals surface area contributed by atoms with E-state index in [0.29, 0.717) is 12.8 Å². The summed E-state index contributed by atoms with van der Waals surface area (Å²) in [7, 11) is 0. The Morgan fingerprint density at radius 3 is 2.40 bits per heavy atom. The zero-order valence-electron chi connectivity index (χ0n) is 14.4. The number of nitrogens with one attached hydrogen (secondary N) is 3. The van der Waals surface area contributed by atoms with Gasteiger partial charge >= 0.3 is 17.8 Å². The molecule has 6 nitrogen and oxygen atoms in total. The van der Waals surface area contributed by atoms with E-state index in [1.807, 2.05) is 0 Å². The van der Waals surface area contributed by atoms with Gasteiger partial charge in [0.05, 0.1) is 12.8 Å². The first-order valence-corrected chi connectivity index (χ1v) is 7.97. The molecule has 0 saturated heterocycles. The van der Waals surface area contributed by atoms with Crippen molar-refractivity contribution in [3.63, 3.8) is 0 Å². The zero-order valence-corrected chi connectivity index (χ0v) is 14.4. The van der Waals surface area contributed by atoms with Crippen LogP contribution in [0.15, 0.2) is 18.3 Å². The van der Waals surface area contributed by atoms with E-state index in [0.717, 1.165) is 5.56 Å². The Kier molecular flexibility index (Phi) is 7.20. The number of anilines is 1. The van der Waals surface area contributed by atoms with E-state index in [2.05, 4.69) is 15.0 Å². The second-order valence-corrected chi connectivity index (χ2v) is 5.52. The van der Waals surface area contributed by atoms with Gasteiger partial charge in [0.2, 0.25) is 5.91 Å². The Balaban J connectivity index is 3.26. The average Bonchev–Trinajstić information content (AvgIpc) is 2.53. The minimum atomic E-state index is -5.13. The predicted octanol–water partition coefficient (Wildman–Crippen LogP) is 2.35. The van der Waals surface area contributed by atoms with Crippen molar-refractivity contribution in [1.29, 1.82) is 0 Å². The van der Waals surface area contributed by atoms with Gasteiger partial charge in [-0.25, -0.2) is 15.1 Å². The summed E-state index contributed by atoms with van der Waals surface area (Å²) in [5, 5.41) is 3.85. The minimum absolute atomic E-state index is 0.0910. The first-order valence-electron chi connectivity index (χ1n) is 7.97. The van der Waals surface area contributed by atoms with Crippen LogP contribution >= 0.6 is 0 Å². The van der Waals surface area contributed by atoms with Crippen molar-refractivity contribution in [3.05, 3.63) is 23.9 Å². The summed E-state index contributed by atoms with van der Waals surface area (Å²) in [4.78, 5) is 26.7. The number of amides is 1. The number of esters is 1. The predicted molar refractivity (Wildman–Crippen MR) is 84.4 cm³/mol. The molecule has 1 aromatic heterocycles. The number of aryl methyl sites for hydroxylation is 1. The average molecular weight is 362 g/mol. The standard InChI is InChI=1S/C16H22F3N3O3/c1-4-6-7-13(23)22-15(16(17,18)19,14(24)25-5-2)21-12-9-8-11(3)10-20-12/h8-10H,4-7H2,1-3H3,(H,20,21)(H,22,23)/p+1/t15-/m1/s1. The molecule has 1 atom stereocenters. The molecule has 0 aliphatic carbocycles. The van der Waals surface area contributed by atoms with Gasteiger partial charge in [0.25, 0.3) is 5.82 Å². The Bertz CT molecular complexity index is 591. The lowest BCUT2D eigenvalue weighted by Gasteiger charge is -2.30. The Morgan fingerprint density at radius 1 is 1.24 bits per heavy atom. The van der Waals surface area contributed by atoms with Crippen LogP contribution in [-0.4, -0.2) is 30.3 Å². The second-order valence-electron chi connectivity index (χ2n) is 5.52. The number of H-pyrrole nitrogens is 1. The smallest absolute Gasteiger partial charge is 0.461 e. The van der Waals surface area contributed by atoms with Crippen molar-refractivity contribution >= 4 is 17.7 Å². The molecule has 0 aliphatic heterocycles. The van der Waals surface area contributed by atoms with E-state index in [4.69, 9.17) is 0 Å². The Morgan fingerprint density at radius 2 is 1.92 bits per heavy atom. The van der Waals surface area contributed by atoms with Crippen molar-refractivity contribution < 1.29 is 32.5 Å². The number of carbonyl (C=O) groups is 2. The molecule has 1 aromatic rings. The molecule has 3 N–H and O–H groups in total. The maximum absolute atomic E-state index is 13.8. The number of carbonyl (C=O) groups excluding carboxylic acids is 2. The molecular weight excluding hydrogens is 339 g/mol. The number of aromatic nitrogens is 1. The maximum Gasteiger partial charge on any atom is 0.464 e. The van der Waals surface area contributed by atoms with Gasteiger partial charge < -0.3 is 4.74 Å².